The van der Waals surface area contributed by atoms with Gasteiger partial charge in [-0.05, 0) is 53.9 Å². The Kier molecular flexibility index (Phi) is 8.31. The Bertz CT molecular complexity index is 563. The lowest BCUT2D eigenvalue weighted by molar-refractivity contribution is 0.0209. The minimum absolute atomic E-state index is 0. The van der Waals surface area contributed by atoms with Gasteiger partial charge >= 0.3 is 0 Å². The van der Waals surface area contributed by atoms with E-state index in [0.29, 0.717) is 35.6 Å². The summed E-state index contributed by atoms with van der Waals surface area (Å²) in [7, 11) is -3.43. The molecular formula is C14H22BrClN2O3S. The van der Waals surface area contributed by atoms with Crippen LogP contribution in [0.15, 0.2) is 33.6 Å². The number of sulfonamides is 1. The summed E-state index contributed by atoms with van der Waals surface area (Å²) in [6, 6.07) is 6.92. The highest BCUT2D eigenvalue weighted by Crippen LogP contribution is 2.27. The SMILES string of the molecule is Cl.NCCCOC1CCN(S(=O)(=O)c2ccccc2Br)CC1. The largest absolute Gasteiger partial charge is 0.378 e. The monoisotopic (exact) mass is 412 g/mol. The maximum Gasteiger partial charge on any atom is 0.244 e. The Morgan fingerprint density at radius 2 is 1.91 bits per heavy atom. The summed E-state index contributed by atoms with van der Waals surface area (Å²) in [5.41, 5.74) is 5.43. The third kappa shape index (κ3) is 4.91. The summed E-state index contributed by atoms with van der Waals surface area (Å²) >= 11 is 3.31. The molecule has 8 heteroatoms. The Balaban J connectivity index is 0.00000242. The van der Waals surface area contributed by atoms with Gasteiger partial charge in [-0.3, -0.25) is 0 Å². The van der Waals surface area contributed by atoms with Gasteiger partial charge in [-0.25, -0.2) is 8.42 Å². The van der Waals surface area contributed by atoms with Crippen molar-refractivity contribution in [1.82, 2.24) is 4.31 Å². The lowest BCUT2D eigenvalue weighted by atomic mass is 10.1. The summed E-state index contributed by atoms with van der Waals surface area (Å²) in [5, 5.41) is 0. The molecule has 0 atom stereocenters. The molecule has 1 fully saturated rings. The topological polar surface area (TPSA) is 72.6 Å². The van der Waals surface area contributed by atoms with Crippen LogP contribution < -0.4 is 5.73 Å². The van der Waals surface area contributed by atoms with Crippen molar-refractivity contribution in [3.63, 3.8) is 0 Å². The van der Waals surface area contributed by atoms with Crippen molar-refractivity contribution >= 4 is 38.4 Å². The average Bonchev–Trinajstić information content (AvgIpc) is 2.48. The number of ether oxygens (including phenoxy) is 1. The molecule has 0 aromatic heterocycles. The van der Waals surface area contributed by atoms with Crippen molar-refractivity contribution in [3.8, 4) is 0 Å². The van der Waals surface area contributed by atoms with Gasteiger partial charge < -0.3 is 10.5 Å². The lowest BCUT2D eigenvalue weighted by Crippen LogP contribution is -2.41. The van der Waals surface area contributed by atoms with Crippen LogP contribution in [0.1, 0.15) is 19.3 Å². The Morgan fingerprint density at radius 3 is 2.50 bits per heavy atom. The van der Waals surface area contributed by atoms with E-state index in [4.69, 9.17) is 10.5 Å². The van der Waals surface area contributed by atoms with Crippen LogP contribution in [0, 0.1) is 0 Å². The second-order valence-electron chi connectivity index (χ2n) is 5.05. The second kappa shape index (κ2) is 9.20. The van der Waals surface area contributed by atoms with Gasteiger partial charge in [-0.15, -0.1) is 12.4 Å². The molecule has 5 nitrogen and oxygen atoms in total. The second-order valence-corrected chi connectivity index (χ2v) is 7.81. The van der Waals surface area contributed by atoms with Crippen molar-refractivity contribution in [1.29, 1.82) is 0 Å². The number of halogens is 2. The Morgan fingerprint density at radius 1 is 1.27 bits per heavy atom. The maximum atomic E-state index is 12.6. The average molecular weight is 414 g/mol. The van der Waals surface area contributed by atoms with E-state index in [0.717, 1.165) is 19.3 Å². The summed E-state index contributed by atoms with van der Waals surface area (Å²) in [5.74, 6) is 0. The molecule has 126 valence electrons. The summed E-state index contributed by atoms with van der Waals surface area (Å²) < 4.78 is 33.1. The highest BCUT2D eigenvalue weighted by molar-refractivity contribution is 9.10. The number of hydrogen-bond donors (Lipinski definition) is 1. The molecule has 1 aliphatic heterocycles. The van der Waals surface area contributed by atoms with Gasteiger partial charge in [-0.1, -0.05) is 12.1 Å². The fraction of sp³-hybridized carbons (Fsp3) is 0.571. The summed E-state index contributed by atoms with van der Waals surface area (Å²) in [6.07, 6.45) is 2.44. The number of hydrogen-bond acceptors (Lipinski definition) is 4. The minimum Gasteiger partial charge on any atom is -0.378 e. The van der Waals surface area contributed by atoms with E-state index in [2.05, 4.69) is 15.9 Å². The van der Waals surface area contributed by atoms with E-state index in [-0.39, 0.29) is 18.5 Å². The van der Waals surface area contributed by atoms with E-state index in [1.54, 1.807) is 24.3 Å². The molecule has 0 radical (unpaired) electrons. The van der Waals surface area contributed by atoms with Crippen LogP contribution in [0.25, 0.3) is 0 Å². The molecule has 0 bridgehead atoms. The zero-order valence-electron chi connectivity index (χ0n) is 12.3. The van der Waals surface area contributed by atoms with Crippen molar-refractivity contribution in [2.75, 3.05) is 26.2 Å². The minimum atomic E-state index is -3.43. The van der Waals surface area contributed by atoms with Gasteiger partial charge in [0, 0.05) is 24.2 Å². The van der Waals surface area contributed by atoms with E-state index in [1.807, 2.05) is 0 Å². The molecule has 2 N–H and O–H groups in total. The summed E-state index contributed by atoms with van der Waals surface area (Å²) in [4.78, 5) is 0.326. The van der Waals surface area contributed by atoms with Crippen LogP contribution in [0.3, 0.4) is 0 Å². The van der Waals surface area contributed by atoms with E-state index in [9.17, 15) is 8.42 Å². The molecule has 1 aliphatic rings. The molecule has 22 heavy (non-hydrogen) atoms. The number of piperidine rings is 1. The molecule has 0 unspecified atom stereocenters. The number of nitrogens with two attached hydrogens (primary N) is 1. The van der Waals surface area contributed by atoms with Crippen molar-refractivity contribution in [3.05, 3.63) is 28.7 Å². The number of nitrogens with zero attached hydrogens (tertiary/aromatic N) is 1. The number of benzene rings is 1. The van der Waals surface area contributed by atoms with Crippen LogP contribution in [0.2, 0.25) is 0 Å². The van der Waals surface area contributed by atoms with Crippen LogP contribution >= 0.6 is 28.3 Å². The molecule has 0 aliphatic carbocycles. The van der Waals surface area contributed by atoms with Crippen molar-refractivity contribution in [2.24, 2.45) is 5.73 Å². The first kappa shape index (κ1) is 19.9. The first-order valence-electron chi connectivity index (χ1n) is 7.12. The highest BCUT2D eigenvalue weighted by atomic mass is 79.9. The van der Waals surface area contributed by atoms with Gasteiger partial charge in [0.05, 0.1) is 11.0 Å². The molecule has 2 rings (SSSR count). The molecule has 0 saturated carbocycles. The lowest BCUT2D eigenvalue weighted by Gasteiger charge is -2.31. The molecule has 1 heterocycles. The fourth-order valence-corrected chi connectivity index (χ4v) is 4.80. The molecule has 1 aromatic carbocycles. The normalized spacial score (nSPS) is 17.2. The van der Waals surface area contributed by atoms with Gasteiger partial charge in [0.15, 0.2) is 0 Å². The zero-order chi connectivity index (χ0) is 15.3. The van der Waals surface area contributed by atoms with Gasteiger partial charge in [0.25, 0.3) is 0 Å². The zero-order valence-corrected chi connectivity index (χ0v) is 15.5. The third-order valence-corrected chi connectivity index (χ3v) is 6.47. The molecule has 0 spiro atoms. The number of rotatable bonds is 6. The maximum absolute atomic E-state index is 12.6. The molecule has 0 amide bonds. The van der Waals surface area contributed by atoms with Gasteiger partial charge in [0.1, 0.15) is 0 Å². The molecule has 1 aromatic rings. The van der Waals surface area contributed by atoms with Gasteiger partial charge in [-0.2, -0.15) is 4.31 Å². The first-order valence-corrected chi connectivity index (χ1v) is 9.35. The standard InChI is InChI=1S/C14H21BrN2O3S.ClH/c15-13-4-1-2-5-14(13)21(18,19)17-9-6-12(7-10-17)20-11-3-8-16;/h1-2,4-5,12H,3,6-11,16H2;1H. The molecular weight excluding hydrogens is 392 g/mol. The van der Waals surface area contributed by atoms with Crippen LogP contribution in [0.4, 0.5) is 0 Å². The van der Waals surface area contributed by atoms with Crippen LogP contribution in [0.5, 0.6) is 0 Å². The fourth-order valence-electron chi connectivity index (χ4n) is 2.37. The Labute approximate surface area is 146 Å². The predicted molar refractivity (Wildman–Crippen MR) is 92.8 cm³/mol. The summed E-state index contributed by atoms with van der Waals surface area (Å²) in [6.45, 7) is 2.27. The van der Waals surface area contributed by atoms with Crippen molar-refractivity contribution in [2.45, 2.75) is 30.3 Å². The van der Waals surface area contributed by atoms with E-state index >= 15 is 0 Å². The van der Waals surface area contributed by atoms with Gasteiger partial charge in [0.2, 0.25) is 10.0 Å². The first-order chi connectivity index (χ1) is 10.1. The quantitative estimate of drug-likeness (QED) is 0.727. The molecule has 1 saturated heterocycles. The third-order valence-electron chi connectivity index (χ3n) is 3.56. The highest BCUT2D eigenvalue weighted by Gasteiger charge is 2.30. The van der Waals surface area contributed by atoms with E-state index in [1.165, 1.54) is 4.31 Å². The van der Waals surface area contributed by atoms with E-state index < -0.39 is 10.0 Å². The Hall–Kier alpha value is -0.180. The predicted octanol–water partition coefficient (Wildman–Crippen LogP) is 2.39. The van der Waals surface area contributed by atoms with Crippen LogP contribution in [-0.2, 0) is 14.8 Å². The van der Waals surface area contributed by atoms with Crippen LogP contribution in [-0.4, -0.2) is 45.1 Å². The van der Waals surface area contributed by atoms with Crippen molar-refractivity contribution < 1.29 is 13.2 Å². The smallest absolute Gasteiger partial charge is 0.244 e.